The molecule has 9 nitrogen and oxygen atoms in total. The van der Waals surface area contributed by atoms with Gasteiger partial charge in [-0.05, 0) is 96.3 Å². The molecule has 474 valence electrons. The molecular weight excluding hydrogens is 1050 g/mol. The first-order valence-electron chi connectivity index (χ1n) is 33.4. The van der Waals surface area contributed by atoms with Crippen molar-refractivity contribution in [1.29, 1.82) is 0 Å². The van der Waals surface area contributed by atoms with Crippen LogP contribution in [-0.2, 0) is 32.7 Å². The Morgan fingerprint density at radius 2 is 0.687 bits per heavy atom. The van der Waals surface area contributed by atoms with Crippen LogP contribution in [0.15, 0.2) is 134 Å². The lowest BCUT2D eigenvalue weighted by atomic mass is 10.0. The third-order valence-corrected chi connectivity index (χ3v) is 14.9. The Morgan fingerprint density at radius 1 is 0.386 bits per heavy atom. The molecule has 0 aromatic rings. The molecule has 0 bridgehead atoms. The molecule has 10 heteroatoms. The predicted octanol–water partition coefficient (Wildman–Crippen LogP) is 21.7. The minimum Gasteiger partial charge on any atom is -0.462 e. The van der Waals surface area contributed by atoms with Gasteiger partial charge in [-0.2, -0.15) is 0 Å². The van der Waals surface area contributed by atoms with Gasteiger partial charge in [-0.1, -0.05) is 289 Å². The van der Waals surface area contributed by atoms with E-state index in [0.717, 1.165) is 116 Å². The molecule has 0 fully saturated rings. The quantitative estimate of drug-likeness (QED) is 0.0211. The van der Waals surface area contributed by atoms with Crippen molar-refractivity contribution >= 4 is 19.8 Å². The number of nitrogens with zero attached hydrogens (tertiary/aromatic N) is 1. The summed E-state index contributed by atoms with van der Waals surface area (Å²) in [7, 11) is 1.46. The van der Waals surface area contributed by atoms with Gasteiger partial charge in [0, 0.05) is 12.8 Å². The molecule has 0 amide bonds. The maximum absolute atomic E-state index is 12.8. The summed E-state index contributed by atoms with van der Waals surface area (Å²) in [5, 5.41) is 0. The average molecular weight is 1180 g/mol. The van der Waals surface area contributed by atoms with E-state index in [1.807, 2.05) is 21.1 Å². The van der Waals surface area contributed by atoms with Crippen LogP contribution < -0.4 is 0 Å². The summed E-state index contributed by atoms with van der Waals surface area (Å²) in [6, 6.07) is 0. The molecular formula is C73H125NO8P+. The lowest BCUT2D eigenvalue weighted by Gasteiger charge is -2.24. The number of esters is 2. The lowest BCUT2D eigenvalue weighted by molar-refractivity contribution is -0.870. The zero-order valence-electron chi connectivity index (χ0n) is 53.9. The highest BCUT2D eigenvalue weighted by Gasteiger charge is 2.27. The fourth-order valence-electron chi connectivity index (χ4n) is 8.84. The third-order valence-electron chi connectivity index (χ3n) is 13.9. The van der Waals surface area contributed by atoms with Gasteiger partial charge in [0.25, 0.3) is 0 Å². The average Bonchev–Trinajstić information content (AvgIpc) is 3.48. The number of rotatable bonds is 60. The van der Waals surface area contributed by atoms with Crippen LogP contribution in [0.3, 0.4) is 0 Å². The van der Waals surface area contributed by atoms with Gasteiger partial charge >= 0.3 is 19.8 Å². The Morgan fingerprint density at radius 3 is 1.02 bits per heavy atom. The van der Waals surface area contributed by atoms with Gasteiger partial charge in [-0.15, -0.1) is 0 Å². The van der Waals surface area contributed by atoms with Crippen molar-refractivity contribution in [3.8, 4) is 0 Å². The highest BCUT2D eigenvalue weighted by atomic mass is 31.2. The fourth-order valence-corrected chi connectivity index (χ4v) is 9.59. The highest BCUT2D eigenvalue weighted by molar-refractivity contribution is 7.47. The van der Waals surface area contributed by atoms with Crippen LogP contribution >= 0.6 is 7.82 Å². The number of carbonyl (C=O) groups is 2. The SMILES string of the molecule is CC/C=C\C/C=C\C/C=C\C/C=C\C/C=C\C/C=C\C/C=C\C/C=C\C/C=C\C/C=C\C/C=C\CCCCCCCCCC(=O)OC(COC(=O)CCCCCCCCCCCCCCCCCCCC)COP(=O)(O)OCC[N+](C)(C)C. The molecule has 0 heterocycles. The zero-order valence-corrected chi connectivity index (χ0v) is 54.8. The van der Waals surface area contributed by atoms with Gasteiger partial charge in [-0.25, -0.2) is 4.57 Å². The molecule has 2 unspecified atom stereocenters. The molecule has 0 spiro atoms. The topological polar surface area (TPSA) is 108 Å². The predicted molar refractivity (Wildman–Crippen MR) is 357 cm³/mol. The Bertz CT molecular complexity index is 1860. The Hall–Kier alpha value is -3.85. The van der Waals surface area contributed by atoms with E-state index in [2.05, 4.69) is 148 Å². The van der Waals surface area contributed by atoms with Crippen molar-refractivity contribution in [3.05, 3.63) is 134 Å². The van der Waals surface area contributed by atoms with Gasteiger partial charge < -0.3 is 18.9 Å². The van der Waals surface area contributed by atoms with Gasteiger partial charge in [0.15, 0.2) is 6.10 Å². The van der Waals surface area contributed by atoms with Crippen molar-refractivity contribution < 1.29 is 42.1 Å². The maximum Gasteiger partial charge on any atom is 0.472 e. The van der Waals surface area contributed by atoms with Crippen LogP contribution in [0.2, 0.25) is 0 Å². The molecule has 0 aromatic carbocycles. The zero-order chi connectivity index (χ0) is 60.5. The molecule has 0 aliphatic carbocycles. The van der Waals surface area contributed by atoms with Gasteiger partial charge in [0.2, 0.25) is 0 Å². The largest absolute Gasteiger partial charge is 0.472 e. The summed E-state index contributed by atoms with van der Waals surface area (Å²) in [5.74, 6) is -0.809. The number of phosphoric ester groups is 1. The van der Waals surface area contributed by atoms with Crippen LogP contribution in [-0.4, -0.2) is 74.9 Å². The van der Waals surface area contributed by atoms with E-state index in [0.29, 0.717) is 17.4 Å². The number of ether oxygens (including phenoxy) is 2. The minimum absolute atomic E-state index is 0.0247. The number of carbonyl (C=O) groups excluding carboxylic acids is 2. The van der Waals surface area contributed by atoms with Crippen LogP contribution in [0.1, 0.15) is 264 Å². The normalized spacial score (nSPS) is 14.0. The van der Waals surface area contributed by atoms with Crippen molar-refractivity contribution in [2.45, 2.75) is 270 Å². The summed E-state index contributed by atoms with van der Waals surface area (Å²) in [6.45, 7) is 4.32. The molecule has 0 rings (SSSR count). The molecule has 0 aliphatic heterocycles. The standard InChI is InChI=1S/C73H124NO8P/c1-6-8-10-12-14-16-18-20-22-24-26-27-28-29-30-31-32-33-34-35-36-37-38-39-40-41-42-43-44-45-46-47-48-50-52-54-56-58-60-62-64-66-73(76)82-71(70-81-83(77,78)80-68-67-74(3,4)5)69-79-72(75)65-63-61-59-57-55-53-51-49-25-23-21-19-17-15-13-11-9-7-2/h8,10,14,16,20,22,26-27,29-30,32-33,35-36,38-39,41-42,44-45,47-48,71H,6-7,9,11-13,15,17-19,21,23-25,28,31,34,37,40,43,46,49-70H2,1-5H3/p+1/b10-8-,16-14-,22-20-,27-26-,30-29-,33-32-,36-35-,39-38-,42-41-,45-44-,48-47-. The number of hydrogen-bond acceptors (Lipinski definition) is 7. The second kappa shape index (κ2) is 62.7. The summed E-state index contributed by atoms with van der Waals surface area (Å²) >= 11 is 0. The van der Waals surface area contributed by atoms with E-state index in [-0.39, 0.29) is 32.0 Å². The van der Waals surface area contributed by atoms with Crippen LogP contribution in [0.4, 0.5) is 0 Å². The Kier molecular flexibility index (Phi) is 59.8. The fraction of sp³-hybridized carbons (Fsp3) is 0.671. The summed E-state index contributed by atoms with van der Waals surface area (Å²) in [6.07, 6.45) is 91.1. The summed E-state index contributed by atoms with van der Waals surface area (Å²) < 4.78 is 34.6. The number of likely N-dealkylation sites (N-methyl/N-ethyl adjacent to an activating group) is 1. The first-order chi connectivity index (χ1) is 40.5. The first-order valence-corrected chi connectivity index (χ1v) is 34.9. The van der Waals surface area contributed by atoms with Crippen molar-refractivity contribution in [1.82, 2.24) is 0 Å². The molecule has 0 saturated carbocycles. The van der Waals surface area contributed by atoms with E-state index in [1.54, 1.807) is 0 Å². The van der Waals surface area contributed by atoms with Crippen LogP contribution in [0.25, 0.3) is 0 Å². The second-order valence-corrected chi connectivity index (χ2v) is 24.6. The molecule has 0 aliphatic rings. The second-order valence-electron chi connectivity index (χ2n) is 23.1. The Labute approximate surface area is 511 Å². The summed E-state index contributed by atoms with van der Waals surface area (Å²) in [5.41, 5.74) is 0. The van der Waals surface area contributed by atoms with Gasteiger partial charge in [0.1, 0.15) is 19.8 Å². The molecule has 2 atom stereocenters. The third kappa shape index (κ3) is 67.2. The monoisotopic (exact) mass is 1170 g/mol. The minimum atomic E-state index is -4.40. The van der Waals surface area contributed by atoms with E-state index in [9.17, 15) is 19.0 Å². The number of quaternary nitrogens is 1. The molecule has 0 saturated heterocycles. The smallest absolute Gasteiger partial charge is 0.462 e. The number of hydrogen-bond donors (Lipinski definition) is 1. The van der Waals surface area contributed by atoms with E-state index in [1.165, 1.54) is 116 Å². The number of allylic oxidation sites excluding steroid dienone is 22. The molecule has 1 N–H and O–H groups in total. The number of unbranched alkanes of at least 4 members (excludes halogenated alkanes) is 24. The van der Waals surface area contributed by atoms with Crippen molar-refractivity contribution in [3.63, 3.8) is 0 Å². The maximum atomic E-state index is 12.8. The van der Waals surface area contributed by atoms with Gasteiger partial charge in [0.05, 0.1) is 27.7 Å². The highest BCUT2D eigenvalue weighted by Crippen LogP contribution is 2.43. The van der Waals surface area contributed by atoms with Gasteiger partial charge in [-0.3, -0.25) is 18.6 Å². The van der Waals surface area contributed by atoms with E-state index in [4.69, 9.17) is 18.5 Å². The number of phosphoric acid groups is 1. The molecule has 83 heavy (non-hydrogen) atoms. The van der Waals surface area contributed by atoms with Crippen molar-refractivity contribution in [2.24, 2.45) is 0 Å². The van der Waals surface area contributed by atoms with Crippen LogP contribution in [0.5, 0.6) is 0 Å². The molecule has 0 aromatic heterocycles. The van der Waals surface area contributed by atoms with E-state index >= 15 is 0 Å². The Balaban J connectivity index is 4.12. The summed E-state index contributed by atoms with van der Waals surface area (Å²) in [4.78, 5) is 35.8. The molecule has 0 radical (unpaired) electrons. The van der Waals surface area contributed by atoms with E-state index < -0.39 is 26.5 Å². The van der Waals surface area contributed by atoms with Crippen molar-refractivity contribution in [2.75, 3.05) is 47.5 Å². The lowest BCUT2D eigenvalue weighted by Crippen LogP contribution is -2.37. The first kappa shape index (κ1) is 79.2. The van der Waals surface area contributed by atoms with Crippen LogP contribution in [0, 0.1) is 0 Å².